The molecule has 0 bridgehead atoms. The van der Waals surface area contributed by atoms with Crippen LogP contribution in [-0.2, 0) is 0 Å². The molecule has 0 aliphatic carbocycles. The molecule has 4 N–H and O–H groups in total. The number of hydrogen-bond donors (Lipinski definition) is 4. The van der Waals surface area contributed by atoms with Gasteiger partial charge in [-0.15, -0.1) is 0 Å². The number of ketones is 1. The Balaban J connectivity index is 2.58. The monoisotopic (exact) mass is 426 g/mol. The number of Topliss-reactive ketones (excluding diaryl/α,β-unsaturated/α-hetero) is 1. The fourth-order valence-corrected chi connectivity index (χ4v) is 2.38. The van der Waals surface area contributed by atoms with Gasteiger partial charge in [-0.05, 0) is 31.4 Å². The summed E-state index contributed by atoms with van der Waals surface area (Å²) in [6.07, 6.45) is 0. The standard InChI is InChI=1S/C20H22N6OS2/c1-13(27)14-9-11-16(12-10-14)18(24-26-20(29)22-3)17(23-25-19(28)21-2)15-7-5-4-6-8-15/h4-12H,1-3H3,(H2,21,25,28)(H2,22,26,29). The summed E-state index contributed by atoms with van der Waals surface area (Å²) in [4.78, 5) is 11.6. The molecule has 0 aromatic heterocycles. The minimum absolute atomic E-state index is 0.0116. The zero-order valence-corrected chi connectivity index (χ0v) is 17.9. The van der Waals surface area contributed by atoms with Gasteiger partial charge in [0.1, 0.15) is 11.4 Å². The van der Waals surface area contributed by atoms with Gasteiger partial charge in [-0.2, -0.15) is 10.2 Å². The molecule has 0 fully saturated rings. The minimum Gasteiger partial charge on any atom is -0.364 e. The van der Waals surface area contributed by atoms with E-state index < -0.39 is 0 Å². The number of nitrogens with one attached hydrogen (secondary N) is 4. The molecular weight excluding hydrogens is 404 g/mol. The van der Waals surface area contributed by atoms with Crippen molar-refractivity contribution in [2.75, 3.05) is 14.1 Å². The first kappa shape index (κ1) is 22.1. The predicted molar refractivity (Wildman–Crippen MR) is 126 cm³/mol. The summed E-state index contributed by atoms with van der Waals surface area (Å²) in [6, 6.07) is 16.7. The van der Waals surface area contributed by atoms with E-state index in [-0.39, 0.29) is 5.78 Å². The first-order valence-corrected chi connectivity index (χ1v) is 9.56. The second-order valence-corrected chi connectivity index (χ2v) is 6.62. The Labute approximate surface area is 180 Å². The normalized spacial score (nSPS) is 11.4. The van der Waals surface area contributed by atoms with Crippen molar-refractivity contribution in [2.24, 2.45) is 10.2 Å². The number of thiocarbonyl (C=S) groups is 2. The number of nitrogens with zero attached hydrogens (tertiary/aromatic N) is 2. The first-order chi connectivity index (χ1) is 14.0. The average Bonchev–Trinajstić information content (AvgIpc) is 2.76. The molecular formula is C20H22N6OS2. The third kappa shape index (κ3) is 6.44. The Morgan fingerprint density at radius 3 is 1.55 bits per heavy atom. The Hall–Kier alpha value is -3.17. The van der Waals surface area contributed by atoms with Crippen LogP contribution in [-0.4, -0.2) is 41.5 Å². The van der Waals surface area contributed by atoms with Crippen LogP contribution in [0.5, 0.6) is 0 Å². The van der Waals surface area contributed by atoms with Crippen LogP contribution in [0.15, 0.2) is 64.8 Å². The summed E-state index contributed by atoms with van der Waals surface area (Å²) in [7, 11) is 3.40. The molecule has 0 heterocycles. The van der Waals surface area contributed by atoms with Crippen molar-refractivity contribution >= 4 is 51.9 Å². The average molecular weight is 427 g/mol. The molecule has 7 nitrogen and oxygen atoms in total. The highest BCUT2D eigenvalue weighted by Gasteiger charge is 2.16. The van der Waals surface area contributed by atoms with Crippen molar-refractivity contribution in [3.05, 3.63) is 71.3 Å². The fourth-order valence-electron chi connectivity index (χ4n) is 2.29. The molecule has 0 unspecified atom stereocenters. The van der Waals surface area contributed by atoms with Gasteiger partial charge in [0, 0.05) is 30.8 Å². The summed E-state index contributed by atoms with van der Waals surface area (Å²) in [5.74, 6) is -0.0116. The lowest BCUT2D eigenvalue weighted by Crippen LogP contribution is -2.33. The van der Waals surface area contributed by atoms with Gasteiger partial charge in [0.25, 0.3) is 0 Å². The molecule has 150 valence electrons. The summed E-state index contributed by atoms with van der Waals surface area (Å²) in [6.45, 7) is 1.52. The number of hydrazone groups is 2. The van der Waals surface area contributed by atoms with Gasteiger partial charge in [-0.25, -0.2) is 0 Å². The Bertz CT molecular complexity index is 939. The van der Waals surface area contributed by atoms with Crippen molar-refractivity contribution in [3.63, 3.8) is 0 Å². The molecule has 0 saturated heterocycles. The van der Waals surface area contributed by atoms with Crippen LogP contribution in [0, 0.1) is 0 Å². The van der Waals surface area contributed by atoms with Gasteiger partial charge in [-0.3, -0.25) is 15.6 Å². The topological polar surface area (TPSA) is 89.9 Å². The van der Waals surface area contributed by atoms with E-state index in [9.17, 15) is 4.79 Å². The second kappa shape index (κ2) is 11.0. The van der Waals surface area contributed by atoms with Gasteiger partial charge in [0.15, 0.2) is 16.0 Å². The summed E-state index contributed by atoms with van der Waals surface area (Å²) in [5, 5.41) is 15.3. The summed E-state index contributed by atoms with van der Waals surface area (Å²) >= 11 is 10.3. The third-order valence-electron chi connectivity index (χ3n) is 3.83. The highest BCUT2D eigenvalue weighted by molar-refractivity contribution is 7.80. The van der Waals surface area contributed by atoms with E-state index in [1.54, 1.807) is 26.2 Å². The maximum Gasteiger partial charge on any atom is 0.186 e. The SMILES string of the molecule is CNC(=S)NN=C(C(=NNC(=S)NC)c1ccc(C(C)=O)cc1)c1ccccc1. The van der Waals surface area contributed by atoms with Crippen LogP contribution >= 0.6 is 24.4 Å². The van der Waals surface area contributed by atoms with Crippen LogP contribution < -0.4 is 21.5 Å². The van der Waals surface area contributed by atoms with Crippen molar-refractivity contribution in [1.82, 2.24) is 21.5 Å². The van der Waals surface area contributed by atoms with Crippen molar-refractivity contribution < 1.29 is 4.79 Å². The van der Waals surface area contributed by atoms with Crippen molar-refractivity contribution in [1.29, 1.82) is 0 Å². The van der Waals surface area contributed by atoms with Crippen molar-refractivity contribution in [3.8, 4) is 0 Å². The van der Waals surface area contributed by atoms with E-state index in [0.717, 1.165) is 11.1 Å². The molecule has 0 spiro atoms. The fraction of sp³-hybridized carbons (Fsp3) is 0.150. The molecule has 0 aliphatic heterocycles. The zero-order valence-electron chi connectivity index (χ0n) is 16.3. The molecule has 0 radical (unpaired) electrons. The second-order valence-electron chi connectivity index (χ2n) is 5.80. The lowest BCUT2D eigenvalue weighted by molar-refractivity contribution is 0.101. The minimum atomic E-state index is -0.0116. The van der Waals surface area contributed by atoms with E-state index in [0.29, 0.717) is 27.2 Å². The first-order valence-electron chi connectivity index (χ1n) is 8.74. The highest BCUT2D eigenvalue weighted by atomic mass is 32.1. The predicted octanol–water partition coefficient (Wildman–Crippen LogP) is 2.19. The molecule has 0 atom stereocenters. The van der Waals surface area contributed by atoms with Gasteiger partial charge in [0.05, 0.1) is 0 Å². The largest absolute Gasteiger partial charge is 0.364 e. The Kier molecular flexibility index (Phi) is 8.38. The Morgan fingerprint density at radius 1 is 0.724 bits per heavy atom. The maximum absolute atomic E-state index is 11.6. The number of rotatable bonds is 6. The van der Waals surface area contributed by atoms with Gasteiger partial charge in [-0.1, -0.05) is 54.6 Å². The zero-order chi connectivity index (χ0) is 21.2. The van der Waals surface area contributed by atoms with Crippen LogP contribution in [0.25, 0.3) is 0 Å². The van der Waals surface area contributed by atoms with Crippen LogP contribution in [0.1, 0.15) is 28.4 Å². The van der Waals surface area contributed by atoms with Crippen molar-refractivity contribution in [2.45, 2.75) is 6.92 Å². The molecule has 2 aromatic carbocycles. The number of carbonyl (C=O) groups excluding carboxylic acids is 1. The van der Waals surface area contributed by atoms with E-state index in [2.05, 4.69) is 31.7 Å². The molecule has 0 saturated carbocycles. The molecule has 9 heteroatoms. The molecule has 2 rings (SSSR count). The summed E-state index contributed by atoms with van der Waals surface area (Å²) in [5.41, 5.74) is 8.87. The van der Waals surface area contributed by atoms with Gasteiger partial charge in [0.2, 0.25) is 0 Å². The molecule has 0 aliphatic rings. The lowest BCUT2D eigenvalue weighted by Gasteiger charge is -2.13. The lowest BCUT2D eigenvalue weighted by atomic mass is 9.98. The van der Waals surface area contributed by atoms with E-state index in [1.807, 2.05) is 42.5 Å². The number of benzene rings is 2. The van der Waals surface area contributed by atoms with E-state index in [4.69, 9.17) is 24.4 Å². The molecule has 0 amide bonds. The number of hydrogen-bond acceptors (Lipinski definition) is 5. The smallest absolute Gasteiger partial charge is 0.186 e. The quantitative estimate of drug-likeness (QED) is 0.244. The third-order valence-corrected chi connectivity index (χ3v) is 4.42. The van der Waals surface area contributed by atoms with E-state index >= 15 is 0 Å². The number of carbonyl (C=O) groups is 1. The van der Waals surface area contributed by atoms with Gasteiger partial charge < -0.3 is 10.6 Å². The summed E-state index contributed by atoms with van der Waals surface area (Å²) < 4.78 is 0. The van der Waals surface area contributed by atoms with Gasteiger partial charge >= 0.3 is 0 Å². The van der Waals surface area contributed by atoms with Crippen LogP contribution in [0.4, 0.5) is 0 Å². The molecule has 2 aromatic rings. The molecule has 29 heavy (non-hydrogen) atoms. The van der Waals surface area contributed by atoms with Crippen LogP contribution in [0.3, 0.4) is 0 Å². The Morgan fingerprint density at radius 2 is 1.14 bits per heavy atom. The maximum atomic E-state index is 11.6. The van der Waals surface area contributed by atoms with E-state index in [1.165, 1.54) is 6.92 Å². The highest BCUT2D eigenvalue weighted by Crippen LogP contribution is 2.12. The van der Waals surface area contributed by atoms with Crippen LogP contribution in [0.2, 0.25) is 0 Å².